The van der Waals surface area contributed by atoms with Crippen LogP contribution in [0, 0.1) is 5.92 Å². The Balaban J connectivity index is 1.73. The molecule has 1 aliphatic heterocycles. The van der Waals surface area contributed by atoms with Crippen molar-refractivity contribution in [2.45, 2.75) is 44.5 Å². The summed E-state index contributed by atoms with van der Waals surface area (Å²) in [6.45, 7) is 5.04. The molecule has 0 aromatic heterocycles. The van der Waals surface area contributed by atoms with Gasteiger partial charge in [0.25, 0.3) is 0 Å². The highest BCUT2D eigenvalue weighted by Crippen LogP contribution is 2.32. The molecule has 19 heavy (non-hydrogen) atoms. The van der Waals surface area contributed by atoms with Gasteiger partial charge in [0.05, 0.1) is 5.92 Å². The molecule has 2 rings (SSSR count). The minimum atomic E-state index is -0.794. The molecular weight excluding hydrogens is 252 g/mol. The highest BCUT2D eigenvalue weighted by molar-refractivity contribution is 5.83. The van der Waals surface area contributed by atoms with E-state index in [1.165, 1.54) is 0 Å². The predicted octanol–water partition coefficient (Wildman–Crippen LogP) is 0.741. The SMILES string of the molecule is C=CC(=O)OC1CC(C(=O)OC2CC(C)OC2=O)C1. The topological polar surface area (TPSA) is 78.9 Å². The standard InChI is InChI=1S/C13H16O6/c1-3-11(14)18-9-5-8(6-9)12(15)19-10-4-7(2)17-13(10)16/h3,7-10H,1,4-6H2,2H3. The van der Waals surface area contributed by atoms with E-state index in [9.17, 15) is 14.4 Å². The lowest BCUT2D eigenvalue weighted by Crippen LogP contribution is -2.40. The zero-order valence-electron chi connectivity index (χ0n) is 10.7. The maximum Gasteiger partial charge on any atom is 0.347 e. The molecule has 2 unspecified atom stereocenters. The summed E-state index contributed by atoms with van der Waals surface area (Å²) in [5, 5.41) is 0. The predicted molar refractivity (Wildman–Crippen MR) is 62.9 cm³/mol. The summed E-state index contributed by atoms with van der Waals surface area (Å²) < 4.78 is 15.0. The van der Waals surface area contributed by atoms with Crippen LogP contribution in [-0.2, 0) is 28.6 Å². The molecule has 6 heteroatoms. The van der Waals surface area contributed by atoms with Gasteiger partial charge in [0, 0.05) is 12.5 Å². The largest absolute Gasteiger partial charge is 0.460 e. The molecule has 1 heterocycles. The molecule has 0 N–H and O–H groups in total. The highest BCUT2D eigenvalue weighted by Gasteiger charge is 2.41. The molecule has 1 saturated carbocycles. The van der Waals surface area contributed by atoms with E-state index in [2.05, 4.69) is 6.58 Å². The van der Waals surface area contributed by atoms with Gasteiger partial charge in [0.1, 0.15) is 12.2 Å². The fourth-order valence-corrected chi connectivity index (χ4v) is 2.12. The molecule has 2 aliphatic rings. The van der Waals surface area contributed by atoms with E-state index in [0.29, 0.717) is 19.3 Å². The summed E-state index contributed by atoms with van der Waals surface area (Å²) in [6.07, 6.45) is 1.06. The van der Waals surface area contributed by atoms with Crippen LogP contribution < -0.4 is 0 Å². The van der Waals surface area contributed by atoms with Crippen molar-refractivity contribution in [2.75, 3.05) is 0 Å². The average Bonchev–Trinajstić information content (AvgIpc) is 2.61. The van der Waals surface area contributed by atoms with Crippen molar-refractivity contribution >= 4 is 17.9 Å². The summed E-state index contributed by atoms with van der Waals surface area (Å²) in [5.41, 5.74) is 0. The van der Waals surface area contributed by atoms with Crippen molar-refractivity contribution < 1.29 is 28.6 Å². The van der Waals surface area contributed by atoms with Gasteiger partial charge >= 0.3 is 17.9 Å². The number of ether oxygens (including phenoxy) is 3. The Labute approximate surface area is 110 Å². The molecule has 0 aromatic rings. The summed E-state index contributed by atoms with van der Waals surface area (Å²) in [5.74, 6) is -1.73. The zero-order valence-corrected chi connectivity index (χ0v) is 10.7. The number of rotatable bonds is 4. The lowest BCUT2D eigenvalue weighted by molar-refractivity contribution is -0.172. The monoisotopic (exact) mass is 268 g/mol. The Hall–Kier alpha value is -1.85. The van der Waals surface area contributed by atoms with Crippen LogP contribution in [0.2, 0.25) is 0 Å². The summed E-state index contributed by atoms with van der Waals surface area (Å²) in [7, 11) is 0. The van der Waals surface area contributed by atoms with E-state index in [0.717, 1.165) is 6.08 Å². The van der Waals surface area contributed by atoms with Crippen LogP contribution in [-0.4, -0.2) is 36.2 Å². The lowest BCUT2D eigenvalue weighted by Gasteiger charge is -2.32. The Morgan fingerprint density at radius 1 is 1.32 bits per heavy atom. The van der Waals surface area contributed by atoms with Gasteiger partial charge in [-0.25, -0.2) is 9.59 Å². The first-order chi connectivity index (χ1) is 8.99. The molecular formula is C13H16O6. The maximum absolute atomic E-state index is 11.7. The van der Waals surface area contributed by atoms with Crippen LogP contribution >= 0.6 is 0 Å². The highest BCUT2D eigenvalue weighted by atomic mass is 16.6. The molecule has 0 spiro atoms. The fourth-order valence-electron chi connectivity index (χ4n) is 2.12. The van der Waals surface area contributed by atoms with Gasteiger partial charge in [-0.1, -0.05) is 6.58 Å². The summed E-state index contributed by atoms with van der Waals surface area (Å²) in [4.78, 5) is 34.0. The van der Waals surface area contributed by atoms with Crippen LogP contribution in [0.25, 0.3) is 0 Å². The molecule has 6 nitrogen and oxygen atoms in total. The number of carbonyl (C=O) groups is 3. The van der Waals surface area contributed by atoms with Crippen LogP contribution in [0.3, 0.4) is 0 Å². The minimum absolute atomic E-state index is 0.215. The number of cyclic esters (lactones) is 1. The molecule has 0 bridgehead atoms. The molecule has 104 valence electrons. The van der Waals surface area contributed by atoms with Crippen molar-refractivity contribution in [1.29, 1.82) is 0 Å². The molecule has 1 aliphatic carbocycles. The third kappa shape index (κ3) is 3.13. The van der Waals surface area contributed by atoms with Crippen LogP contribution in [0.4, 0.5) is 0 Å². The van der Waals surface area contributed by atoms with Crippen molar-refractivity contribution in [1.82, 2.24) is 0 Å². The first-order valence-corrected chi connectivity index (χ1v) is 6.23. The van der Waals surface area contributed by atoms with Crippen LogP contribution in [0.5, 0.6) is 0 Å². The normalized spacial score (nSPS) is 33.0. The Morgan fingerprint density at radius 3 is 2.53 bits per heavy atom. The van der Waals surface area contributed by atoms with E-state index in [4.69, 9.17) is 14.2 Å². The van der Waals surface area contributed by atoms with Gasteiger partial charge in [-0.05, 0) is 19.8 Å². The van der Waals surface area contributed by atoms with E-state index in [1.807, 2.05) is 0 Å². The fraction of sp³-hybridized carbons (Fsp3) is 0.615. The van der Waals surface area contributed by atoms with E-state index >= 15 is 0 Å². The lowest BCUT2D eigenvalue weighted by atomic mass is 9.82. The van der Waals surface area contributed by atoms with Gasteiger partial charge in [0.15, 0.2) is 0 Å². The smallest absolute Gasteiger partial charge is 0.347 e. The maximum atomic E-state index is 11.7. The van der Waals surface area contributed by atoms with E-state index < -0.39 is 24.0 Å². The van der Waals surface area contributed by atoms with Crippen molar-refractivity contribution in [3.05, 3.63) is 12.7 Å². The average molecular weight is 268 g/mol. The summed E-state index contributed by atoms with van der Waals surface area (Å²) >= 11 is 0. The summed E-state index contributed by atoms with van der Waals surface area (Å²) in [6, 6.07) is 0. The van der Waals surface area contributed by atoms with Gasteiger partial charge < -0.3 is 14.2 Å². The molecule has 1 saturated heterocycles. The quantitative estimate of drug-likeness (QED) is 0.425. The van der Waals surface area contributed by atoms with Crippen molar-refractivity contribution in [3.63, 3.8) is 0 Å². The zero-order chi connectivity index (χ0) is 14.0. The number of hydrogen-bond acceptors (Lipinski definition) is 6. The van der Waals surface area contributed by atoms with Gasteiger partial charge in [-0.15, -0.1) is 0 Å². The van der Waals surface area contributed by atoms with Crippen LogP contribution in [0.15, 0.2) is 12.7 Å². The van der Waals surface area contributed by atoms with E-state index in [1.54, 1.807) is 6.92 Å². The second-order valence-corrected chi connectivity index (χ2v) is 4.84. The molecule has 2 fully saturated rings. The minimum Gasteiger partial charge on any atom is -0.460 e. The molecule has 0 aromatic carbocycles. The number of carbonyl (C=O) groups excluding carboxylic acids is 3. The van der Waals surface area contributed by atoms with Crippen LogP contribution in [0.1, 0.15) is 26.2 Å². The van der Waals surface area contributed by atoms with Crippen molar-refractivity contribution in [3.8, 4) is 0 Å². The molecule has 2 atom stereocenters. The Bertz CT molecular complexity index is 409. The first-order valence-electron chi connectivity index (χ1n) is 6.23. The van der Waals surface area contributed by atoms with E-state index in [-0.39, 0.29) is 18.1 Å². The Kier molecular flexibility index (Phi) is 3.87. The van der Waals surface area contributed by atoms with Gasteiger partial charge in [-0.3, -0.25) is 4.79 Å². The molecule has 0 amide bonds. The second kappa shape index (κ2) is 5.42. The van der Waals surface area contributed by atoms with Gasteiger partial charge in [0.2, 0.25) is 6.10 Å². The number of hydrogen-bond donors (Lipinski definition) is 0. The Morgan fingerprint density at radius 2 is 2.00 bits per heavy atom. The van der Waals surface area contributed by atoms with Gasteiger partial charge in [-0.2, -0.15) is 0 Å². The van der Waals surface area contributed by atoms with Crippen molar-refractivity contribution in [2.24, 2.45) is 5.92 Å². The first kappa shape index (κ1) is 13.6. The third-order valence-electron chi connectivity index (χ3n) is 3.26. The molecule has 0 radical (unpaired) electrons. The number of esters is 3. The third-order valence-corrected chi connectivity index (χ3v) is 3.26. The second-order valence-electron chi connectivity index (χ2n) is 4.84.